The molecule has 2 aromatic rings. The van der Waals surface area contributed by atoms with Crippen molar-refractivity contribution in [2.45, 2.75) is 12.8 Å². The monoisotopic (exact) mass is 410 g/mol. The minimum atomic E-state index is -3.77. The highest BCUT2D eigenvalue weighted by Gasteiger charge is 2.37. The van der Waals surface area contributed by atoms with Crippen molar-refractivity contribution in [3.8, 4) is 0 Å². The Hall–Kier alpha value is -2.45. The zero-order valence-electron chi connectivity index (χ0n) is 14.1. The van der Waals surface area contributed by atoms with E-state index in [0.29, 0.717) is 17.3 Å². The summed E-state index contributed by atoms with van der Waals surface area (Å²) in [5, 5.41) is 2.77. The maximum absolute atomic E-state index is 12.9. The van der Waals surface area contributed by atoms with Crippen LogP contribution >= 0.6 is 11.6 Å². The molecule has 0 aromatic heterocycles. The van der Waals surface area contributed by atoms with E-state index in [9.17, 15) is 22.4 Å². The summed E-state index contributed by atoms with van der Waals surface area (Å²) in [5.74, 6) is -1.62. The maximum atomic E-state index is 12.9. The SMILES string of the molecule is O=C(NCCc1ccc(F)cc1)c1ccc(Cl)c(N2C(=O)CCS2(=O)=O)c1. The van der Waals surface area contributed by atoms with E-state index in [-0.39, 0.29) is 34.3 Å². The molecule has 1 aliphatic rings. The fourth-order valence-corrected chi connectivity index (χ4v) is 4.45. The molecule has 1 aliphatic heterocycles. The Labute approximate surface area is 161 Å². The van der Waals surface area contributed by atoms with Gasteiger partial charge >= 0.3 is 0 Å². The van der Waals surface area contributed by atoms with Gasteiger partial charge in [-0.3, -0.25) is 9.59 Å². The number of carbonyl (C=O) groups excluding carboxylic acids is 2. The highest BCUT2D eigenvalue weighted by Crippen LogP contribution is 2.32. The summed E-state index contributed by atoms with van der Waals surface area (Å²) in [6, 6.07) is 10.1. The Kier molecular flexibility index (Phi) is 5.48. The van der Waals surface area contributed by atoms with Gasteiger partial charge in [0.05, 0.1) is 16.5 Å². The highest BCUT2D eigenvalue weighted by molar-refractivity contribution is 7.94. The van der Waals surface area contributed by atoms with Crippen molar-refractivity contribution < 1.29 is 22.4 Å². The molecule has 1 fully saturated rings. The molecular weight excluding hydrogens is 395 g/mol. The lowest BCUT2D eigenvalue weighted by molar-refractivity contribution is -0.116. The summed E-state index contributed by atoms with van der Waals surface area (Å²) < 4.78 is 37.7. The minimum absolute atomic E-state index is 0.0228. The topological polar surface area (TPSA) is 83.6 Å². The molecule has 3 rings (SSSR count). The van der Waals surface area contributed by atoms with Gasteiger partial charge in [-0.25, -0.2) is 17.1 Å². The Balaban J connectivity index is 1.72. The van der Waals surface area contributed by atoms with Gasteiger partial charge in [-0.05, 0) is 42.3 Å². The summed E-state index contributed by atoms with van der Waals surface area (Å²) in [7, 11) is -3.77. The first-order chi connectivity index (χ1) is 12.8. The van der Waals surface area contributed by atoms with E-state index in [1.165, 1.54) is 30.3 Å². The third kappa shape index (κ3) is 4.28. The van der Waals surface area contributed by atoms with Crippen LogP contribution in [0.15, 0.2) is 42.5 Å². The van der Waals surface area contributed by atoms with E-state index in [1.54, 1.807) is 12.1 Å². The average Bonchev–Trinajstić information content (AvgIpc) is 2.90. The van der Waals surface area contributed by atoms with Gasteiger partial charge in [0.25, 0.3) is 5.91 Å². The van der Waals surface area contributed by atoms with Gasteiger partial charge in [0.2, 0.25) is 15.9 Å². The van der Waals surface area contributed by atoms with Crippen LogP contribution in [0.4, 0.5) is 10.1 Å². The lowest BCUT2D eigenvalue weighted by Crippen LogP contribution is -2.30. The largest absolute Gasteiger partial charge is 0.352 e. The van der Waals surface area contributed by atoms with Crippen molar-refractivity contribution in [2.75, 3.05) is 16.6 Å². The lowest BCUT2D eigenvalue weighted by atomic mass is 10.1. The molecule has 0 radical (unpaired) electrons. The molecule has 0 spiro atoms. The molecule has 2 amide bonds. The Morgan fingerprint density at radius 1 is 1.19 bits per heavy atom. The van der Waals surface area contributed by atoms with Crippen molar-refractivity contribution >= 4 is 39.1 Å². The van der Waals surface area contributed by atoms with Gasteiger partial charge in [0.1, 0.15) is 5.82 Å². The highest BCUT2D eigenvalue weighted by atomic mass is 35.5. The first-order valence-corrected chi connectivity index (χ1v) is 10.1. The van der Waals surface area contributed by atoms with Crippen molar-refractivity contribution in [1.29, 1.82) is 0 Å². The number of benzene rings is 2. The van der Waals surface area contributed by atoms with Gasteiger partial charge in [0.15, 0.2) is 0 Å². The van der Waals surface area contributed by atoms with Crippen LogP contribution in [0.25, 0.3) is 0 Å². The van der Waals surface area contributed by atoms with Crippen LogP contribution in [0.1, 0.15) is 22.3 Å². The molecule has 1 saturated heterocycles. The zero-order chi connectivity index (χ0) is 19.6. The molecule has 1 heterocycles. The number of amides is 2. The van der Waals surface area contributed by atoms with Gasteiger partial charge in [-0.2, -0.15) is 0 Å². The van der Waals surface area contributed by atoms with E-state index in [0.717, 1.165) is 5.56 Å². The Bertz CT molecular complexity index is 993. The molecule has 0 saturated carbocycles. The predicted octanol–water partition coefficient (Wildman–Crippen LogP) is 2.52. The van der Waals surface area contributed by atoms with Gasteiger partial charge in [0, 0.05) is 18.5 Å². The second kappa shape index (κ2) is 7.66. The molecular formula is C18H16ClFN2O4S. The molecule has 0 unspecified atom stereocenters. The summed E-state index contributed by atoms with van der Waals surface area (Å²) >= 11 is 6.05. The van der Waals surface area contributed by atoms with Crippen molar-refractivity contribution in [2.24, 2.45) is 0 Å². The number of halogens is 2. The summed E-state index contributed by atoms with van der Waals surface area (Å²) in [6.07, 6.45) is 0.387. The molecule has 0 aliphatic carbocycles. The van der Waals surface area contributed by atoms with Crippen LogP contribution in [0.2, 0.25) is 5.02 Å². The van der Waals surface area contributed by atoms with Crippen molar-refractivity contribution in [3.05, 3.63) is 64.4 Å². The molecule has 0 bridgehead atoms. The number of hydrogen-bond donors (Lipinski definition) is 1. The standard InChI is InChI=1S/C18H16ClFN2O4S/c19-15-6-3-13(11-16(15)22-17(23)8-10-27(22,25)26)18(24)21-9-7-12-1-4-14(20)5-2-12/h1-6,11H,7-10H2,(H,21,24). The molecule has 2 aromatic carbocycles. The summed E-state index contributed by atoms with van der Waals surface area (Å²) in [6.45, 7) is 0.309. The number of anilines is 1. The van der Waals surface area contributed by atoms with Crippen LogP contribution < -0.4 is 9.62 Å². The third-order valence-corrected chi connectivity index (χ3v) is 6.11. The van der Waals surface area contributed by atoms with Gasteiger partial charge < -0.3 is 5.32 Å². The minimum Gasteiger partial charge on any atom is -0.352 e. The van der Waals surface area contributed by atoms with Crippen LogP contribution in [-0.2, 0) is 21.2 Å². The smallest absolute Gasteiger partial charge is 0.251 e. The fraction of sp³-hybridized carbons (Fsp3) is 0.222. The van der Waals surface area contributed by atoms with Crippen LogP contribution in [0.5, 0.6) is 0 Å². The van der Waals surface area contributed by atoms with Gasteiger partial charge in [-0.1, -0.05) is 23.7 Å². The van der Waals surface area contributed by atoms with Crippen LogP contribution in [0, 0.1) is 5.82 Å². The molecule has 27 heavy (non-hydrogen) atoms. The second-order valence-corrected chi connectivity index (χ2v) is 8.37. The normalized spacial score (nSPS) is 15.8. The van der Waals surface area contributed by atoms with E-state index in [4.69, 9.17) is 11.6 Å². The number of rotatable bonds is 5. The van der Waals surface area contributed by atoms with E-state index >= 15 is 0 Å². The maximum Gasteiger partial charge on any atom is 0.251 e. The van der Waals surface area contributed by atoms with Crippen LogP contribution in [-0.4, -0.2) is 32.5 Å². The third-order valence-electron chi connectivity index (χ3n) is 4.12. The molecule has 6 nitrogen and oxygen atoms in total. The average molecular weight is 411 g/mol. The predicted molar refractivity (Wildman–Crippen MR) is 99.8 cm³/mol. The number of nitrogens with one attached hydrogen (secondary N) is 1. The van der Waals surface area contributed by atoms with E-state index in [1.807, 2.05) is 0 Å². The van der Waals surface area contributed by atoms with E-state index in [2.05, 4.69) is 5.32 Å². The number of nitrogens with zero attached hydrogens (tertiary/aromatic N) is 1. The molecule has 0 atom stereocenters. The van der Waals surface area contributed by atoms with Crippen molar-refractivity contribution in [3.63, 3.8) is 0 Å². The van der Waals surface area contributed by atoms with Crippen LogP contribution in [0.3, 0.4) is 0 Å². The quantitative estimate of drug-likeness (QED) is 0.821. The number of carbonyl (C=O) groups is 2. The van der Waals surface area contributed by atoms with E-state index < -0.39 is 21.8 Å². The van der Waals surface area contributed by atoms with Gasteiger partial charge in [-0.15, -0.1) is 0 Å². The number of sulfonamides is 1. The molecule has 9 heteroatoms. The summed E-state index contributed by atoms with van der Waals surface area (Å²) in [4.78, 5) is 24.3. The first kappa shape index (κ1) is 19.3. The number of hydrogen-bond acceptors (Lipinski definition) is 4. The fourth-order valence-electron chi connectivity index (χ4n) is 2.73. The van der Waals surface area contributed by atoms with Crippen molar-refractivity contribution in [1.82, 2.24) is 5.32 Å². The Morgan fingerprint density at radius 2 is 1.89 bits per heavy atom. The summed E-state index contributed by atoms with van der Waals surface area (Å²) in [5.41, 5.74) is 1.02. The first-order valence-electron chi connectivity index (χ1n) is 8.16. The Morgan fingerprint density at radius 3 is 2.52 bits per heavy atom. The molecule has 1 N–H and O–H groups in total. The lowest BCUT2D eigenvalue weighted by Gasteiger charge is -2.17. The zero-order valence-corrected chi connectivity index (χ0v) is 15.7. The molecule has 142 valence electrons. The second-order valence-electron chi connectivity index (χ2n) is 6.02.